The first-order valence-electron chi connectivity index (χ1n) is 4.38. The van der Waals surface area contributed by atoms with Gasteiger partial charge in [-0.15, -0.1) is 10.2 Å². The average molecular weight is 166 g/mol. The minimum Gasteiger partial charge on any atom is -0.327 e. The third-order valence-corrected chi connectivity index (χ3v) is 2.65. The predicted octanol–water partition coefficient (Wildman–Crippen LogP) is 0.410. The molecule has 2 N–H and O–H groups in total. The molecule has 66 valence electrons. The summed E-state index contributed by atoms with van der Waals surface area (Å²) in [5.74, 6) is 1.47. The molecule has 1 aromatic heterocycles. The minimum absolute atomic E-state index is 0.285. The molecule has 1 aliphatic rings. The normalized spacial score (nSPS) is 29.5. The lowest BCUT2D eigenvalue weighted by molar-refractivity contribution is 0.559. The van der Waals surface area contributed by atoms with Crippen LogP contribution in [0.25, 0.3) is 0 Å². The fourth-order valence-corrected chi connectivity index (χ4v) is 1.94. The summed E-state index contributed by atoms with van der Waals surface area (Å²) in [4.78, 5) is 0. The first-order chi connectivity index (χ1) is 5.79. The third kappa shape index (κ3) is 1.12. The summed E-state index contributed by atoms with van der Waals surface area (Å²) in [6, 6.07) is 0.285. The Bertz CT molecular complexity index is 268. The molecule has 12 heavy (non-hydrogen) atoms. The zero-order valence-electron chi connectivity index (χ0n) is 7.27. The maximum absolute atomic E-state index is 5.96. The Morgan fingerprint density at radius 2 is 2.42 bits per heavy atom. The summed E-state index contributed by atoms with van der Waals surface area (Å²) in [7, 11) is 1.97. The molecule has 2 unspecified atom stereocenters. The number of hydrogen-bond acceptors (Lipinski definition) is 3. The quantitative estimate of drug-likeness (QED) is 0.657. The molecule has 1 aliphatic carbocycles. The Balaban J connectivity index is 2.24. The van der Waals surface area contributed by atoms with E-state index in [1.54, 1.807) is 6.33 Å². The lowest BCUT2D eigenvalue weighted by Crippen LogP contribution is -2.24. The standard InChI is InChI=1S/C8H14N4/c1-12-5-10-11-8(12)6-3-2-4-7(6)9/h5-7H,2-4,9H2,1H3. The SMILES string of the molecule is Cn1cnnc1C1CCCC1N. The number of nitrogens with two attached hydrogens (primary N) is 1. The maximum Gasteiger partial charge on any atom is 0.137 e. The highest BCUT2D eigenvalue weighted by atomic mass is 15.3. The number of aryl methyl sites for hydroxylation is 1. The summed E-state index contributed by atoms with van der Waals surface area (Å²) in [5, 5.41) is 7.94. The Kier molecular flexibility index (Phi) is 1.84. The Labute approximate surface area is 71.8 Å². The average Bonchev–Trinajstić information content (AvgIpc) is 2.59. The number of rotatable bonds is 1. The first-order valence-corrected chi connectivity index (χ1v) is 4.38. The molecule has 0 saturated heterocycles. The highest BCUT2D eigenvalue weighted by molar-refractivity contribution is 5.03. The molecule has 1 heterocycles. The van der Waals surface area contributed by atoms with Gasteiger partial charge in [0.25, 0.3) is 0 Å². The summed E-state index contributed by atoms with van der Waals surface area (Å²) in [5.41, 5.74) is 5.96. The van der Waals surface area contributed by atoms with E-state index in [-0.39, 0.29) is 6.04 Å². The molecule has 0 spiro atoms. The summed E-state index contributed by atoms with van der Waals surface area (Å²) in [6.45, 7) is 0. The topological polar surface area (TPSA) is 56.7 Å². The molecular formula is C8H14N4. The molecule has 0 amide bonds. The van der Waals surface area contributed by atoms with Crippen LogP contribution >= 0.6 is 0 Å². The van der Waals surface area contributed by atoms with Crippen LogP contribution in [-0.2, 0) is 7.05 Å². The van der Waals surface area contributed by atoms with Gasteiger partial charge in [0.05, 0.1) is 0 Å². The van der Waals surface area contributed by atoms with Crippen LogP contribution in [0.5, 0.6) is 0 Å². The second-order valence-corrected chi connectivity index (χ2v) is 3.50. The van der Waals surface area contributed by atoms with Gasteiger partial charge < -0.3 is 10.3 Å². The van der Waals surface area contributed by atoms with Crippen molar-refractivity contribution in [1.29, 1.82) is 0 Å². The van der Waals surface area contributed by atoms with E-state index in [9.17, 15) is 0 Å². The molecule has 0 aliphatic heterocycles. The van der Waals surface area contributed by atoms with E-state index >= 15 is 0 Å². The number of hydrogen-bond donors (Lipinski definition) is 1. The van der Waals surface area contributed by atoms with Crippen LogP contribution in [0.2, 0.25) is 0 Å². The zero-order chi connectivity index (χ0) is 8.55. The fourth-order valence-electron chi connectivity index (χ4n) is 1.94. The lowest BCUT2D eigenvalue weighted by atomic mass is 10.0. The fraction of sp³-hybridized carbons (Fsp3) is 0.750. The molecule has 4 nitrogen and oxygen atoms in total. The van der Waals surface area contributed by atoms with Gasteiger partial charge >= 0.3 is 0 Å². The van der Waals surface area contributed by atoms with Gasteiger partial charge in [0, 0.05) is 19.0 Å². The van der Waals surface area contributed by atoms with Crippen molar-refractivity contribution >= 4 is 0 Å². The van der Waals surface area contributed by atoms with Crippen molar-refractivity contribution in [3.05, 3.63) is 12.2 Å². The zero-order valence-corrected chi connectivity index (χ0v) is 7.27. The van der Waals surface area contributed by atoms with Gasteiger partial charge in [0.1, 0.15) is 12.2 Å². The van der Waals surface area contributed by atoms with Crippen molar-refractivity contribution in [2.24, 2.45) is 12.8 Å². The van der Waals surface area contributed by atoms with Crippen molar-refractivity contribution in [1.82, 2.24) is 14.8 Å². The highest BCUT2D eigenvalue weighted by Gasteiger charge is 2.28. The van der Waals surface area contributed by atoms with E-state index < -0.39 is 0 Å². The smallest absolute Gasteiger partial charge is 0.137 e. The third-order valence-electron chi connectivity index (χ3n) is 2.65. The van der Waals surface area contributed by atoms with E-state index in [0.29, 0.717) is 5.92 Å². The van der Waals surface area contributed by atoms with Crippen LogP contribution in [0.1, 0.15) is 31.0 Å². The van der Waals surface area contributed by atoms with Gasteiger partial charge in [0.2, 0.25) is 0 Å². The van der Waals surface area contributed by atoms with E-state index in [1.165, 1.54) is 6.42 Å². The van der Waals surface area contributed by atoms with Crippen LogP contribution < -0.4 is 5.73 Å². The molecule has 0 bridgehead atoms. The summed E-state index contributed by atoms with van der Waals surface area (Å²) < 4.78 is 1.97. The van der Waals surface area contributed by atoms with Crippen LogP contribution in [0.15, 0.2) is 6.33 Å². The minimum atomic E-state index is 0.285. The highest BCUT2D eigenvalue weighted by Crippen LogP contribution is 2.31. The molecule has 0 aromatic carbocycles. The largest absolute Gasteiger partial charge is 0.327 e. The van der Waals surface area contributed by atoms with Crippen molar-refractivity contribution in [3.8, 4) is 0 Å². The van der Waals surface area contributed by atoms with Gasteiger partial charge in [-0.05, 0) is 12.8 Å². The van der Waals surface area contributed by atoms with Crippen molar-refractivity contribution in [3.63, 3.8) is 0 Å². The Morgan fingerprint density at radius 1 is 1.58 bits per heavy atom. The molecule has 1 saturated carbocycles. The molecule has 0 radical (unpaired) electrons. The van der Waals surface area contributed by atoms with Crippen molar-refractivity contribution < 1.29 is 0 Å². The lowest BCUT2D eigenvalue weighted by Gasteiger charge is -2.13. The molecule has 4 heteroatoms. The monoisotopic (exact) mass is 166 g/mol. The summed E-state index contributed by atoms with van der Waals surface area (Å²) in [6.07, 6.45) is 5.24. The van der Waals surface area contributed by atoms with Crippen LogP contribution in [0, 0.1) is 0 Å². The molecule has 1 fully saturated rings. The van der Waals surface area contributed by atoms with E-state index in [4.69, 9.17) is 5.73 Å². The van der Waals surface area contributed by atoms with E-state index in [1.807, 2.05) is 11.6 Å². The number of nitrogens with zero attached hydrogens (tertiary/aromatic N) is 3. The maximum atomic E-state index is 5.96. The van der Waals surface area contributed by atoms with Gasteiger partial charge in [-0.25, -0.2) is 0 Å². The van der Waals surface area contributed by atoms with E-state index in [2.05, 4.69) is 10.2 Å². The van der Waals surface area contributed by atoms with Gasteiger partial charge in [-0.2, -0.15) is 0 Å². The Hall–Kier alpha value is -0.900. The van der Waals surface area contributed by atoms with Crippen LogP contribution in [0.4, 0.5) is 0 Å². The molecule has 2 atom stereocenters. The van der Waals surface area contributed by atoms with Crippen molar-refractivity contribution in [2.45, 2.75) is 31.2 Å². The first kappa shape index (κ1) is 7.73. The molecule has 2 rings (SSSR count). The predicted molar refractivity (Wildman–Crippen MR) is 45.6 cm³/mol. The van der Waals surface area contributed by atoms with Crippen molar-refractivity contribution in [2.75, 3.05) is 0 Å². The van der Waals surface area contributed by atoms with Gasteiger partial charge in [0.15, 0.2) is 0 Å². The van der Waals surface area contributed by atoms with E-state index in [0.717, 1.165) is 18.7 Å². The second kappa shape index (κ2) is 2.86. The summed E-state index contributed by atoms with van der Waals surface area (Å²) >= 11 is 0. The van der Waals surface area contributed by atoms with Gasteiger partial charge in [-0.3, -0.25) is 0 Å². The van der Waals surface area contributed by atoms with Crippen LogP contribution in [-0.4, -0.2) is 20.8 Å². The molecule has 1 aromatic rings. The number of aromatic nitrogens is 3. The molecular weight excluding hydrogens is 152 g/mol. The van der Waals surface area contributed by atoms with Gasteiger partial charge in [-0.1, -0.05) is 6.42 Å². The second-order valence-electron chi connectivity index (χ2n) is 3.50. The van der Waals surface area contributed by atoms with Crippen LogP contribution in [0.3, 0.4) is 0 Å². The Morgan fingerprint density at radius 3 is 2.92 bits per heavy atom.